The van der Waals surface area contributed by atoms with Gasteiger partial charge in [-0.25, -0.2) is 4.98 Å². The van der Waals surface area contributed by atoms with Crippen LogP contribution in [0.15, 0.2) is 30.7 Å². The van der Waals surface area contributed by atoms with Crippen molar-refractivity contribution in [2.24, 2.45) is 0 Å². The Balaban J connectivity index is 1.64. The Kier molecular flexibility index (Phi) is 3.94. The smallest absolute Gasteiger partial charge is 0.120 e. The zero-order valence-corrected chi connectivity index (χ0v) is 11.5. The second-order valence-corrected chi connectivity index (χ2v) is 4.85. The van der Waals surface area contributed by atoms with Gasteiger partial charge in [-0.1, -0.05) is 0 Å². The van der Waals surface area contributed by atoms with Crippen molar-refractivity contribution in [2.45, 2.75) is 12.6 Å². The lowest BCUT2D eigenvalue weighted by molar-refractivity contribution is -0.0356. The van der Waals surface area contributed by atoms with Crippen LogP contribution in [0, 0.1) is 0 Å². The number of anilines is 1. The minimum Gasteiger partial charge on any atom is -0.387 e. The number of nitrogens with one attached hydrogen (secondary N) is 2. The highest BCUT2D eigenvalue weighted by Gasteiger charge is 2.23. The number of hydrogen-bond acceptors (Lipinski definition) is 5. The second-order valence-electron chi connectivity index (χ2n) is 4.85. The molecule has 0 radical (unpaired) electrons. The van der Waals surface area contributed by atoms with E-state index >= 15 is 0 Å². The average Bonchev–Trinajstić information content (AvgIpc) is 3.01. The van der Waals surface area contributed by atoms with Gasteiger partial charge in [0.15, 0.2) is 0 Å². The second kappa shape index (κ2) is 6.02. The van der Waals surface area contributed by atoms with Crippen LogP contribution in [0.5, 0.6) is 0 Å². The van der Waals surface area contributed by atoms with E-state index in [4.69, 9.17) is 4.74 Å². The van der Waals surface area contributed by atoms with E-state index in [0.29, 0.717) is 0 Å². The summed E-state index contributed by atoms with van der Waals surface area (Å²) in [5, 5.41) is 3.07. The van der Waals surface area contributed by atoms with E-state index in [-0.39, 0.29) is 6.10 Å². The zero-order chi connectivity index (χ0) is 13.8. The summed E-state index contributed by atoms with van der Waals surface area (Å²) < 4.78 is 5.83. The maximum absolute atomic E-state index is 5.83. The third-order valence-electron chi connectivity index (χ3n) is 3.48. The van der Waals surface area contributed by atoms with Crippen LogP contribution in [0.1, 0.15) is 17.6 Å². The fourth-order valence-electron chi connectivity index (χ4n) is 2.36. The normalized spacial score (nSPS) is 19.9. The van der Waals surface area contributed by atoms with Crippen molar-refractivity contribution in [2.75, 3.05) is 32.1 Å². The van der Waals surface area contributed by atoms with Gasteiger partial charge in [-0.05, 0) is 12.1 Å². The molecule has 2 aromatic heterocycles. The first-order valence-corrected chi connectivity index (χ1v) is 6.81. The van der Waals surface area contributed by atoms with Gasteiger partial charge in [-0.2, -0.15) is 0 Å². The molecule has 0 aromatic carbocycles. The van der Waals surface area contributed by atoms with Crippen LogP contribution in [-0.4, -0.2) is 46.6 Å². The summed E-state index contributed by atoms with van der Waals surface area (Å²) in [7, 11) is 1.89. The van der Waals surface area contributed by atoms with Gasteiger partial charge in [0, 0.05) is 32.5 Å². The molecule has 0 saturated carbocycles. The van der Waals surface area contributed by atoms with Crippen LogP contribution in [-0.2, 0) is 11.3 Å². The quantitative estimate of drug-likeness (QED) is 0.882. The minimum absolute atomic E-state index is 0.0321. The first-order chi connectivity index (χ1) is 9.85. The van der Waals surface area contributed by atoms with Gasteiger partial charge in [0.2, 0.25) is 0 Å². The Morgan fingerprint density at radius 1 is 1.45 bits per heavy atom. The largest absolute Gasteiger partial charge is 0.387 e. The van der Waals surface area contributed by atoms with E-state index in [0.717, 1.165) is 43.4 Å². The van der Waals surface area contributed by atoms with Crippen LogP contribution >= 0.6 is 0 Å². The summed E-state index contributed by atoms with van der Waals surface area (Å²) in [5.41, 5.74) is 1.99. The molecule has 3 heterocycles. The van der Waals surface area contributed by atoms with Gasteiger partial charge in [0.1, 0.15) is 11.9 Å². The highest BCUT2D eigenvalue weighted by Crippen LogP contribution is 2.22. The van der Waals surface area contributed by atoms with E-state index in [9.17, 15) is 0 Å². The van der Waals surface area contributed by atoms with Crippen molar-refractivity contribution in [1.29, 1.82) is 0 Å². The van der Waals surface area contributed by atoms with Gasteiger partial charge in [-0.3, -0.25) is 9.88 Å². The number of imidazole rings is 1. The Morgan fingerprint density at radius 2 is 2.40 bits per heavy atom. The zero-order valence-electron chi connectivity index (χ0n) is 11.5. The van der Waals surface area contributed by atoms with E-state index in [1.165, 1.54) is 0 Å². The van der Waals surface area contributed by atoms with Crippen molar-refractivity contribution in [3.63, 3.8) is 0 Å². The first-order valence-electron chi connectivity index (χ1n) is 6.81. The molecule has 1 atom stereocenters. The number of aromatic nitrogens is 3. The van der Waals surface area contributed by atoms with Crippen LogP contribution in [0.3, 0.4) is 0 Å². The average molecular weight is 273 g/mol. The standard InChI is InChI=1S/C14H19N5O/c1-15-11-2-3-12(18-8-11)13-9-19(6-7-20-13)10-14-16-4-5-17-14/h2-5,8,13,15H,6-7,9-10H2,1H3,(H,16,17)/t13-/m1/s1. The van der Waals surface area contributed by atoms with Crippen molar-refractivity contribution in [3.05, 3.63) is 42.2 Å². The number of nitrogens with zero attached hydrogens (tertiary/aromatic N) is 3. The Hall–Kier alpha value is -1.92. The topological polar surface area (TPSA) is 66.1 Å². The molecule has 1 saturated heterocycles. The number of hydrogen-bond donors (Lipinski definition) is 2. The Labute approximate surface area is 118 Å². The molecule has 1 aliphatic heterocycles. The van der Waals surface area contributed by atoms with Gasteiger partial charge in [0.25, 0.3) is 0 Å². The summed E-state index contributed by atoms with van der Waals surface area (Å²) in [6, 6.07) is 4.05. The molecular weight excluding hydrogens is 254 g/mol. The minimum atomic E-state index is 0.0321. The van der Waals surface area contributed by atoms with Crippen LogP contribution in [0.4, 0.5) is 5.69 Å². The van der Waals surface area contributed by atoms with Crippen LogP contribution < -0.4 is 5.32 Å². The molecule has 0 amide bonds. The molecule has 3 rings (SSSR count). The third-order valence-corrected chi connectivity index (χ3v) is 3.48. The molecule has 6 nitrogen and oxygen atoms in total. The van der Waals surface area contributed by atoms with Crippen molar-refractivity contribution >= 4 is 5.69 Å². The lowest BCUT2D eigenvalue weighted by Gasteiger charge is -2.32. The molecule has 2 aromatic rings. The lowest BCUT2D eigenvalue weighted by Crippen LogP contribution is -2.38. The predicted molar refractivity (Wildman–Crippen MR) is 76.3 cm³/mol. The molecule has 0 unspecified atom stereocenters. The van der Waals surface area contributed by atoms with E-state index in [2.05, 4.69) is 25.2 Å². The third kappa shape index (κ3) is 2.97. The fourth-order valence-corrected chi connectivity index (χ4v) is 2.36. The Morgan fingerprint density at radius 3 is 3.10 bits per heavy atom. The molecule has 1 aliphatic rings. The summed E-state index contributed by atoms with van der Waals surface area (Å²) in [6.45, 7) is 3.31. The molecule has 106 valence electrons. The molecule has 20 heavy (non-hydrogen) atoms. The summed E-state index contributed by atoms with van der Waals surface area (Å²) in [5.74, 6) is 0.990. The van der Waals surface area contributed by atoms with Gasteiger partial charge in [0.05, 0.1) is 30.7 Å². The number of morpholine rings is 1. The van der Waals surface area contributed by atoms with E-state index in [1.54, 1.807) is 6.20 Å². The van der Waals surface area contributed by atoms with Crippen molar-refractivity contribution in [1.82, 2.24) is 19.9 Å². The number of aromatic amines is 1. The van der Waals surface area contributed by atoms with Gasteiger partial charge < -0.3 is 15.0 Å². The maximum Gasteiger partial charge on any atom is 0.120 e. The summed E-state index contributed by atoms with van der Waals surface area (Å²) >= 11 is 0. The van der Waals surface area contributed by atoms with Gasteiger partial charge in [-0.15, -0.1) is 0 Å². The van der Waals surface area contributed by atoms with E-state index < -0.39 is 0 Å². The van der Waals surface area contributed by atoms with Crippen LogP contribution in [0.25, 0.3) is 0 Å². The van der Waals surface area contributed by atoms with Crippen LogP contribution in [0.2, 0.25) is 0 Å². The SMILES string of the molecule is CNc1ccc([C@H]2CN(Cc3ncc[nH]3)CCO2)nc1. The van der Waals surface area contributed by atoms with Gasteiger partial charge >= 0.3 is 0 Å². The highest BCUT2D eigenvalue weighted by molar-refractivity contribution is 5.40. The number of pyridine rings is 1. The Bertz CT molecular complexity index is 525. The number of rotatable bonds is 4. The number of ether oxygens (including phenoxy) is 1. The van der Waals surface area contributed by atoms with E-state index in [1.807, 2.05) is 31.6 Å². The van der Waals surface area contributed by atoms with Crippen molar-refractivity contribution < 1.29 is 4.74 Å². The summed E-state index contributed by atoms with van der Waals surface area (Å²) in [6.07, 6.45) is 5.51. The lowest BCUT2D eigenvalue weighted by atomic mass is 10.2. The molecule has 1 fully saturated rings. The molecule has 2 N–H and O–H groups in total. The first kappa shape index (κ1) is 13.1. The highest BCUT2D eigenvalue weighted by atomic mass is 16.5. The molecule has 0 aliphatic carbocycles. The predicted octanol–water partition coefficient (Wildman–Crippen LogP) is 1.42. The fraction of sp³-hybridized carbons (Fsp3) is 0.429. The molecule has 6 heteroatoms. The van der Waals surface area contributed by atoms with Crippen molar-refractivity contribution in [3.8, 4) is 0 Å². The summed E-state index contributed by atoms with van der Waals surface area (Å²) in [4.78, 5) is 14.2. The molecule has 0 spiro atoms. The molecule has 0 bridgehead atoms. The maximum atomic E-state index is 5.83. The molecular formula is C14H19N5O. The monoisotopic (exact) mass is 273 g/mol. The number of H-pyrrole nitrogens is 1.